The lowest BCUT2D eigenvalue weighted by molar-refractivity contribution is -0.185. The van der Waals surface area contributed by atoms with Gasteiger partial charge in [0.25, 0.3) is 5.91 Å². The fourth-order valence-corrected chi connectivity index (χ4v) is 4.22. The first-order chi connectivity index (χ1) is 16.7. The summed E-state index contributed by atoms with van der Waals surface area (Å²) < 4.78 is 38.4. The van der Waals surface area contributed by atoms with Gasteiger partial charge in [0.1, 0.15) is 0 Å². The number of fused-ring (bicyclic) bond motifs is 1. The summed E-state index contributed by atoms with van der Waals surface area (Å²) in [6, 6.07) is 22.2. The summed E-state index contributed by atoms with van der Waals surface area (Å²) in [5.41, 5.74) is 5.11. The normalized spacial score (nSPS) is 13.2. The number of benzene rings is 3. The first kappa shape index (κ1) is 24.3. The van der Waals surface area contributed by atoms with Gasteiger partial charge in [0, 0.05) is 43.1 Å². The van der Waals surface area contributed by atoms with Crippen LogP contribution in [0.25, 0.3) is 0 Å². The van der Waals surface area contributed by atoms with Crippen molar-refractivity contribution in [1.29, 1.82) is 0 Å². The third-order valence-corrected chi connectivity index (χ3v) is 6.10. The molecule has 5 nitrogen and oxygen atoms in total. The molecule has 1 N–H and O–H groups in total. The number of hydrogen-bond acceptors (Lipinski definition) is 3. The molecule has 3 aromatic carbocycles. The second-order valence-electron chi connectivity index (χ2n) is 8.46. The Morgan fingerprint density at radius 2 is 1.69 bits per heavy atom. The number of hydrogen-bond donors (Lipinski definition) is 1. The van der Waals surface area contributed by atoms with E-state index in [4.69, 9.17) is 0 Å². The fourth-order valence-electron chi connectivity index (χ4n) is 4.22. The minimum absolute atomic E-state index is 0.0795. The Bertz CT molecular complexity index is 1210. The van der Waals surface area contributed by atoms with Crippen molar-refractivity contribution in [2.24, 2.45) is 0 Å². The van der Waals surface area contributed by atoms with Crippen LogP contribution in [-0.2, 0) is 24.3 Å². The standard InChI is InChI=1S/C27H26F3N3O2/c1-2-32(26(35)27(28,29)30)17-19-6-5-9-23(16-19)31-25(34)21-10-12-24(13-11-21)33-15-14-20-7-3-4-8-22(20)18-33/h3-13,16H,2,14-15,17-18H2,1H3,(H,31,34). The van der Waals surface area contributed by atoms with Crippen LogP contribution in [0.15, 0.2) is 72.8 Å². The van der Waals surface area contributed by atoms with Gasteiger partial charge in [-0.15, -0.1) is 0 Å². The van der Waals surface area contributed by atoms with Gasteiger partial charge in [-0.05, 0) is 66.4 Å². The van der Waals surface area contributed by atoms with E-state index in [1.165, 1.54) is 18.1 Å². The van der Waals surface area contributed by atoms with Crippen molar-refractivity contribution < 1.29 is 22.8 Å². The van der Waals surface area contributed by atoms with Crippen molar-refractivity contribution in [1.82, 2.24) is 4.90 Å². The molecule has 0 spiro atoms. The first-order valence-corrected chi connectivity index (χ1v) is 11.4. The summed E-state index contributed by atoms with van der Waals surface area (Å²) in [6.45, 7) is 2.93. The molecule has 0 saturated carbocycles. The van der Waals surface area contributed by atoms with Crippen LogP contribution in [0, 0.1) is 0 Å². The van der Waals surface area contributed by atoms with Crippen LogP contribution in [0.1, 0.15) is 34.0 Å². The second-order valence-corrected chi connectivity index (χ2v) is 8.46. The summed E-state index contributed by atoms with van der Waals surface area (Å²) in [5, 5.41) is 2.78. The van der Waals surface area contributed by atoms with Crippen LogP contribution in [0.2, 0.25) is 0 Å². The van der Waals surface area contributed by atoms with Crippen LogP contribution >= 0.6 is 0 Å². The van der Waals surface area contributed by atoms with Crippen molar-refractivity contribution in [3.63, 3.8) is 0 Å². The lowest BCUT2D eigenvalue weighted by Gasteiger charge is -2.30. The highest BCUT2D eigenvalue weighted by atomic mass is 19.4. The number of halogens is 3. The molecular formula is C27H26F3N3O2. The second kappa shape index (κ2) is 10.2. The summed E-state index contributed by atoms with van der Waals surface area (Å²) in [7, 11) is 0. The molecule has 182 valence electrons. The number of anilines is 2. The molecule has 1 aliphatic rings. The van der Waals surface area contributed by atoms with Crippen LogP contribution in [0.5, 0.6) is 0 Å². The monoisotopic (exact) mass is 481 g/mol. The number of alkyl halides is 3. The Labute approximate surface area is 202 Å². The van der Waals surface area contributed by atoms with Gasteiger partial charge < -0.3 is 15.1 Å². The maximum absolute atomic E-state index is 12.8. The quantitative estimate of drug-likeness (QED) is 0.512. The van der Waals surface area contributed by atoms with Gasteiger partial charge in [-0.25, -0.2) is 0 Å². The minimum Gasteiger partial charge on any atom is -0.367 e. The molecule has 1 aliphatic heterocycles. The Balaban J connectivity index is 1.40. The number of nitrogens with one attached hydrogen (secondary N) is 1. The SMILES string of the molecule is CCN(Cc1cccc(NC(=O)c2ccc(N3CCc4ccccc4C3)cc2)c1)C(=O)C(F)(F)F. The molecule has 4 rings (SSSR count). The molecule has 0 radical (unpaired) electrons. The minimum atomic E-state index is -4.93. The smallest absolute Gasteiger partial charge is 0.367 e. The average molecular weight is 482 g/mol. The fraction of sp³-hybridized carbons (Fsp3) is 0.259. The van der Waals surface area contributed by atoms with Gasteiger partial charge in [-0.3, -0.25) is 9.59 Å². The maximum atomic E-state index is 12.8. The van der Waals surface area contributed by atoms with E-state index in [1.54, 1.807) is 36.4 Å². The molecule has 35 heavy (non-hydrogen) atoms. The zero-order valence-electron chi connectivity index (χ0n) is 19.3. The molecule has 0 aliphatic carbocycles. The number of amides is 2. The van der Waals surface area contributed by atoms with Gasteiger partial charge in [-0.1, -0.05) is 36.4 Å². The molecule has 0 bridgehead atoms. The lowest BCUT2D eigenvalue weighted by atomic mass is 9.99. The van der Waals surface area contributed by atoms with Gasteiger partial charge in [0.15, 0.2) is 0 Å². The third kappa shape index (κ3) is 5.82. The summed E-state index contributed by atoms with van der Waals surface area (Å²) in [4.78, 5) is 27.3. The number of rotatable bonds is 6. The van der Waals surface area contributed by atoms with Crippen LogP contribution < -0.4 is 10.2 Å². The first-order valence-electron chi connectivity index (χ1n) is 11.4. The van der Waals surface area contributed by atoms with E-state index in [-0.39, 0.29) is 19.0 Å². The molecule has 0 aromatic heterocycles. The van der Waals surface area contributed by atoms with E-state index in [0.717, 1.165) is 30.1 Å². The van der Waals surface area contributed by atoms with Crippen molar-refractivity contribution in [3.05, 3.63) is 95.1 Å². The summed E-state index contributed by atoms with van der Waals surface area (Å²) >= 11 is 0. The van der Waals surface area contributed by atoms with Gasteiger partial charge in [-0.2, -0.15) is 13.2 Å². The van der Waals surface area contributed by atoms with E-state index in [2.05, 4.69) is 28.4 Å². The predicted octanol–water partition coefficient (Wildman–Crippen LogP) is 5.41. The molecule has 2 amide bonds. The predicted molar refractivity (Wildman–Crippen MR) is 129 cm³/mol. The van der Waals surface area contributed by atoms with Crippen molar-refractivity contribution in [3.8, 4) is 0 Å². The Kier molecular flexibility index (Phi) is 7.10. The molecular weight excluding hydrogens is 455 g/mol. The molecule has 0 fully saturated rings. The average Bonchev–Trinajstić information content (AvgIpc) is 2.86. The lowest BCUT2D eigenvalue weighted by Crippen LogP contribution is -2.40. The van der Waals surface area contributed by atoms with E-state index in [0.29, 0.717) is 16.8 Å². The number of nitrogens with zero attached hydrogens (tertiary/aromatic N) is 2. The molecule has 0 unspecified atom stereocenters. The molecule has 3 aromatic rings. The largest absolute Gasteiger partial charge is 0.471 e. The zero-order chi connectivity index (χ0) is 25.0. The summed E-state index contributed by atoms with van der Waals surface area (Å²) in [6.07, 6.45) is -3.95. The highest BCUT2D eigenvalue weighted by molar-refractivity contribution is 6.04. The van der Waals surface area contributed by atoms with Crippen LogP contribution in [0.4, 0.5) is 24.5 Å². The van der Waals surface area contributed by atoms with Gasteiger partial charge >= 0.3 is 12.1 Å². The molecule has 0 atom stereocenters. The van der Waals surface area contributed by atoms with E-state index < -0.39 is 12.1 Å². The Morgan fingerprint density at radius 3 is 2.37 bits per heavy atom. The van der Waals surface area contributed by atoms with Crippen LogP contribution in [0.3, 0.4) is 0 Å². The Morgan fingerprint density at radius 1 is 0.971 bits per heavy atom. The molecule has 1 heterocycles. The number of carbonyl (C=O) groups excluding carboxylic acids is 2. The number of carbonyl (C=O) groups is 2. The van der Waals surface area contributed by atoms with Crippen LogP contribution in [-0.4, -0.2) is 36.0 Å². The maximum Gasteiger partial charge on any atom is 0.471 e. The molecule has 8 heteroatoms. The zero-order valence-corrected chi connectivity index (χ0v) is 19.3. The van der Waals surface area contributed by atoms with Gasteiger partial charge in [0.05, 0.1) is 0 Å². The van der Waals surface area contributed by atoms with E-state index >= 15 is 0 Å². The van der Waals surface area contributed by atoms with Gasteiger partial charge in [0.2, 0.25) is 0 Å². The highest BCUT2D eigenvalue weighted by Crippen LogP contribution is 2.25. The molecule has 0 saturated heterocycles. The third-order valence-electron chi connectivity index (χ3n) is 6.10. The van der Waals surface area contributed by atoms with E-state index in [9.17, 15) is 22.8 Å². The summed E-state index contributed by atoms with van der Waals surface area (Å²) in [5.74, 6) is -2.21. The highest BCUT2D eigenvalue weighted by Gasteiger charge is 2.41. The Hall–Kier alpha value is -3.81. The van der Waals surface area contributed by atoms with Crippen molar-refractivity contribution >= 4 is 23.2 Å². The van der Waals surface area contributed by atoms with E-state index in [1.807, 2.05) is 18.2 Å². The topological polar surface area (TPSA) is 52.7 Å². The van der Waals surface area contributed by atoms with Crippen molar-refractivity contribution in [2.45, 2.75) is 32.6 Å². The van der Waals surface area contributed by atoms with Crippen molar-refractivity contribution in [2.75, 3.05) is 23.3 Å².